The average Bonchev–Trinajstić information content (AvgIpc) is 3.30. The van der Waals surface area contributed by atoms with Crippen LogP contribution in [-0.4, -0.2) is 71.8 Å². The van der Waals surface area contributed by atoms with E-state index in [4.69, 9.17) is 14.2 Å². The number of benzene rings is 1. The van der Waals surface area contributed by atoms with Crippen molar-refractivity contribution in [1.82, 2.24) is 10.2 Å². The Hall–Kier alpha value is -3.63. The van der Waals surface area contributed by atoms with E-state index in [9.17, 15) is 29.1 Å². The van der Waals surface area contributed by atoms with Crippen molar-refractivity contribution in [2.75, 3.05) is 19.8 Å². The fourth-order valence-electron chi connectivity index (χ4n) is 3.63. The third kappa shape index (κ3) is 7.46. The SMILES string of the molecule is CCOC(=O)C[C@H](C(=O)OCC)[C@H](NC(=O)[C@H]1CCCN1C(=O)OCc1ccccc1)C(=O)O. The Morgan fingerprint density at radius 1 is 1.06 bits per heavy atom. The molecule has 1 aliphatic rings. The molecule has 11 nitrogen and oxygen atoms in total. The molecule has 186 valence electrons. The Morgan fingerprint density at radius 2 is 1.74 bits per heavy atom. The summed E-state index contributed by atoms with van der Waals surface area (Å²) in [6, 6.07) is 6.29. The van der Waals surface area contributed by atoms with E-state index in [-0.39, 0.29) is 26.4 Å². The molecular formula is C23H30N2O9. The molecule has 0 aromatic heterocycles. The van der Waals surface area contributed by atoms with Crippen molar-refractivity contribution in [2.24, 2.45) is 5.92 Å². The lowest BCUT2D eigenvalue weighted by molar-refractivity contribution is -0.160. The maximum absolute atomic E-state index is 13.0. The molecule has 0 bridgehead atoms. The molecule has 1 heterocycles. The summed E-state index contributed by atoms with van der Waals surface area (Å²) in [5.41, 5.74) is 0.776. The molecule has 1 fully saturated rings. The smallest absolute Gasteiger partial charge is 0.410 e. The Bertz CT molecular complexity index is 874. The molecule has 0 saturated carbocycles. The fourth-order valence-corrected chi connectivity index (χ4v) is 3.63. The minimum absolute atomic E-state index is 0.0206. The number of esters is 2. The first-order valence-corrected chi connectivity index (χ1v) is 11.1. The van der Waals surface area contributed by atoms with Crippen LogP contribution in [0.2, 0.25) is 0 Å². The predicted octanol–water partition coefficient (Wildman–Crippen LogP) is 1.49. The maximum Gasteiger partial charge on any atom is 0.410 e. The second-order valence-electron chi connectivity index (χ2n) is 7.58. The summed E-state index contributed by atoms with van der Waals surface area (Å²) in [6.45, 7) is 3.38. The minimum atomic E-state index is -1.75. The van der Waals surface area contributed by atoms with Gasteiger partial charge in [0.15, 0.2) is 0 Å². The molecule has 1 aromatic carbocycles. The normalized spacial score (nSPS) is 16.8. The number of hydrogen-bond donors (Lipinski definition) is 2. The summed E-state index contributed by atoms with van der Waals surface area (Å²) >= 11 is 0. The number of amides is 2. The zero-order chi connectivity index (χ0) is 25.1. The van der Waals surface area contributed by atoms with Gasteiger partial charge in [0.25, 0.3) is 0 Å². The molecule has 2 N–H and O–H groups in total. The van der Waals surface area contributed by atoms with E-state index in [1.165, 1.54) is 11.8 Å². The van der Waals surface area contributed by atoms with E-state index in [0.29, 0.717) is 12.8 Å². The average molecular weight is 478 g/mol. The summed E-state index contributed by atoms with van der Waals surface area (Å²) in [5.74, 6) is -5.53. The Balaban J connectivity index is 2.10. The number of rotatable bonds is 11. The van der Waals surface area contributed by atoms with Gasteiger partial charge in [0.05, 0.1) is 25.6 Å². The summed E-state index contributed by atoms with van der Waals surface area (Å²) in [4.78, 5) is 63.0. The van der Waals surface area contributed by atoms with Crippen molar-refractivity contribution in [1.29, 1.82) is 0 Å². The van der Waals surface area contributed by atoms with Crippen LogP contribution < -0.4 is 5.32 Å². The first-order valence-electron chi connectivity index (χ1n) is 11.1. The monoisotopic (exact) mass is 478 g/mol. The highest BCUT2D eigenvalue weighted by molar-refractivity contribution is 5.93. The predicted molar refractivity (Wildman–Crippen MR) is 117 cm³/mol. The van der Waals surface area contributed by atoms with Crippen LogP contribution in [0.4, 0.5) is 4.79 Å². The van der Waals surface area contributed by atoms with E-state index in [1.807, 2.05) is 6.07 Å². The van der Waals surface area contributed by atoms with Crippen LogP contribution in [0.3, 0.4) is 0 Å². The number of likely N-dealkylation sites (tertiary alicyclic amines) is 1. The highest BCUT2D eigenvalue weighted by Gasteiger charge is 2.42. The molecule has 2 rings (SSSR count). The van der Waals surface area contributed by atoms with Crippen LogP contribution in [-0.2, 0) is 40.0 Å². The molecular weight excluding hydrogens is 448 g/mol. The molecule has 1 saturated heterocycles. The number of aliphatic carboxylic acids is 1. The van der Waals surface area contributed by atoms with Crippen molar-refractivity contribution in [2.45, 2.75) is 51.8 Å². The molecule has 34 heavy (non-hydrogen) atoms. The van der Waals surface area contributed by atoms with Gasteiger partial charge in [0, 0.05) is 6.54 Å². The van der Waals surface area contributed by atoms with Crippen molar-refractivity contribution >= 4 is 29.9 Å². The van der Waals surface area contributed by atoms with E-state index >= 15 is 0 Å². The van der Waals surface area contributed by atoms with Crippen molar-refractivity contribution in [3.8, 4) is 0 Å². The molecule has 0 unspecified atom stereocenters. The first-order chi connectivity index (χ1) is 16.3. The van der Waals surface area contributed by atoms with Gasteiger partial charge >= 0.3 is 24.0 Å². The van der Waals surface area contributed by atoms with Crippen LogP contribution in [0.15, 0.2) is 30.3 Å². The number of carboxylic acid groups (broad SMARTS) is 1. The number of carbonyl (C=O) groups is 5. The van der Waals surface area contributed by atoms with Gasteiger partial charge in [-0.2, -0.15) is 0 Å². The first kappa shape index (κ1) is 26.6. The lowest BCUT2D eigenvalue weighted by Crippen LogP contribution is -2.55. The van der Waals surface area contributed by atoms with E-state index in [0.717, 1.165) is 5.56 Å². The van der Waals surface area contributed by atoms with Gasteiger partial charge in [-0.05, 0) is 32.3 Å². The number of carboxylic acids is 1. The number of ether oxygens (including phenoxy) is 3. The Labute approximate surface area is 197 Å². The van der Waals surface area contributed by atoms with Crippen LogP contribution in [0, 0.1) is 5.92 Å². The molecule has 1 aromatic rings. The van der Waals surface area contributed by atoms with Gasteiger partial charge in [-0.15, -0.1) is 0 Å². The van der Waals surface area contributed by atoms with E-state index in [1.54, 1.807) is 31.2 Å². The van der Waals surface area contributed by atoms with Crippen molar-refractivity contribution < 1.29 is 43.3 Å². The van der Waals surface area contributed by atoms with Crippen LogP contribution in [0.5, 0.6) is 0 Å². The van der Waals surface area contributed by atoms with Gasteiger partial charge < -0.3 is 24.6 Å². The summed E-state index contributed by atoms with van der Waals surface area (Å²) < 4.78 is 15.0. The van der Waals surface area contributed by atoms with Crippen LogP contribution >= 0.6 is 0 Å². The Morgan fingerprint density at radius 3 is 2.35 bits per heavy atom. The molecule has 3 atom stereocenters. The lowest BCUT2D eigenvalue weighted by atomic mass is 9.95. The fraction of sp³-hybridized carbons (Fsp3) is 0.522. The minimum Gasteiger partial charge on any atom is -0.480 e. The number of hydrogen-bond acceptors (Lipinski definition) is 8. The zero-order valence-corrected chi connectivity index (χ0v) is 19.2. The highest BCUT2D eigenvalue weighted by Crippen LogP contribution is 2.21. The number of carbonyl (C=O) groups excluding carboxylic acids is 4. The molecule has 0 radical (unpaired) electrons. The van der Waals surface area contributed by atoms with E-state index in [2.05, 4.69) is 5.32 Å². The van der Waals surface area contributed by atoms with Crippen molar-refractivity contribution in [3.63, 3.8) is 0 Å². The van der Waals surface area contributed by atoms with Gasteiger partial charge in [-0.1, -0.05) is 30.3 Å². The second kappa shape index (κ2) is 13.2. The van der Waals surface area contributed by atoms with Crippen LogP contribution in [0.25, 0.3) is 0 Å². The number of nitrogens with zero attached hydrogens (tertiary/aromatic N) is 1. The highest BCUT2D eigenvalue weighted by atomic mass is 16.6. The largest absolute Gasteiger partial charge is 0.480 e. The lowest BCUT2D eigenvalue weighted by Gasteiger charge is -2.27. The molecule has 0 aliphatic carbocycles. The van der Waals surface area contributed by atoms with Gasteiger partial charge in [-0.25, -0.2) is 9.59 Å². The molecule has 0 spiro atoms. The standard InChI is InChI=1S/C23H30N2O9/c1-3-32-18(26)13-16(22(30)33-4-2)19(21(28)29)24-20(27)17-11-8-12-25(17)23(31)34-14-15-9-6-5-7-10-15/h5-7,9-10,16-17,19H,3-4,8,11-14H2,1-2H3,(H,24,27)(H,28,29)/t16-,17+,19-/m0/s1. The topological polar surface area (TPSA) is 149 Å². The third-order valence-corrected chi connectivity index (χ3v) is 5.24. The summed E-state index contributed by atoms with van der Waals surface area (Å²) in [7, 11) is 0. The van der Waals surface area contributed by atoms with Gasteiger partial charge in [0.1, 0.15) is 18.7 Å². The molecule has 1 aliphatic heterocycles. The van der Waals surface area contributed by atoms with Gasteiger partial charge in [0.2, 0.25) is 5.91 Å². The molecule has 2 amide bonds. The van der Waals surface area contributed by atoms with Crippen molar-refractivity contribution in [3.05, 3.63) is 35.9 Å². The summed E-state index contributed by atoms with van der Waals surface area (Å²) in [6.07, 6.45) is -0.486. The Kier molecular flexibility index (Phi) is 10.3. The second-order valence-corrected chi connectivity index (χ2v) is 7.58. The van der Waals surface area contributed by atoms with Crippen LogP contribution in [0.1, 0.15) is 38.7 Å². The maximum atomic E-state index is 13.0. The zero-order valence-electron chi connectivity index (χ0n) is 19.2. The third-order valence-electron chi connectivity index (χ3n) is 5.24. The molecule has 11 heteroatoms. The van der Waals surface area contributed by atoms with Gasteiger partial charge in [-0.3, -0.25) is 19.3 Å². The summed E-state index contributed by atoms with van der Waals surface area (Å²) in [5, 5.41) is 12.0. The number of nitrogens with one attached hydrogen (secondary N) is 1. The quantitative estimate of drug-likeness (QED) is 0.356. The van der Waals surface area contributed by atoms with E-state index < -0.39 is 54.3 Å².